The van der Waals surface area contributed by atoms with E-state index in [2.05, 4.69) is 52.8 Å². The van der Waals surface area contributed by atoms with Gasteiger partial charge in [0.15, 0.2) is 5.11 Å². The van der Waals surface area contributed by atoms with Crippen LogP contribution in [-0.4, -0.2) is 34.7 Å². The predicted octanol–water partition coefficient (Wildman–Crippen LogP) is 2.67. The standard InChI is InChI=1S/C17H25N3S/c1-2-18-17(21)19-14-10-15-8-9-16(11-14)20(15)12-13-6-4-3-5-7-13/h3-7,14-16H,2,8-12H2,1H3,(H2,18,19,21)/t14?,15-,16+. The Balaban J connectivity index is 1.58. The van der Waals surface area contributed by atoms with Crippen molar-refractivity contribution in [1.82, 2.24) is 15.5 Å². The lowest BCUT2D eigenvalue weighted by Gasteiger charge is -2.39. The number of benzene rings is 1. The van der Waals surface area contributed by atoms with Crippen molar-refractivity contribution in [1.29, 1.82) is 0 Å². The van der Waals surface area contributed by atoms with Gasteiger partial charge in [-0.15, -0.1) is 0 Å². The van der Waals surface area contributed by atoms with Crippen molar-refractivity contribution < 1.29 is 0 Å². The van der Waals surface area contributed by atoms with E-state index in [9.17, 15) is 0 Å². The summed E-state index contributed by atoms with van der Waals surface area (Å²) >= 11 is 5.33. The Bertz CT molecular complexity index is 462. The van der Waals surface area contributed by atoms with E-state index >= 15 is 0 Å². The topological polar surface area (TPSA) is 27.3 Å². The van der Waals surface area contributed by atoms with E-state index in [1.165, 1.54) is 31.2 Å². The molecule has 3 nitrogen and oxygen atoms in total. The average Bonchev–Trinajstić information content (AvgIpc) is 2.71. The Labute approximate surface area is 133 Å². The zero-order valence-corrected chi connectivity index (χ0v) is 13.5. The lowest BCUT2D eigenvalue weighted by atomic mass is 9.96. The van der Waals surface area contributed by atoms with Crippen LogP contribution in [-0.2, 0) is 6.54 Å². The molecule has 0 saturated carbocycles. The zero-order valence-electron chi connectivity index (χ0n) is 12.7. The third-order valence-corrected chi connectivity index (χ3v) is 5.03. The van der Waals surface area contributed by atoms with E-state index in [1.807, 2.05) is 0 Å². The second kappa shape index (κ2) is 6.75. The van der Waals surface area contributed by atoms with Crippen molar-refractivity contribution in [3.63, 3.8) is 0 Å². The van der Waals surface area contributed by atoms with Gasteiger partial charge in [-0.05, 0) is 50.4 Å². The van der Waals surface area contributed by atoms with Crippen molar-refractivity contribution in [2.75, 3.05) is 6.54 Å². The van der Waals surface area contributed by atoms with Gasteiger partial charge in [0.2, 0.25) is 0 Å². The van der Waals surface area contributed by atoms with E-state index in [1.54, 1.807) is 0 Å². The lowest BCUT2D eigenvalue weighted by Crippen LogP contribution is -2.51. The van der Waals surface area contributed by atoms with E-state index in [-0.39, 0.29) is 0 Å². The van der Waals surface area contributed by atoms with Gasteiger partial charge in [-0.25, -0.2) is 0 Å². The molecule has 3 atom stereocenters. The van der Waals surface area contributed by atoms with Gasteiger partial charge in [-0.3, -0.25) is 4.90 Å². The van der Waals surface area contributed by atoms with Crippen molar-refractivity contribution in [2.45, 2.75) is 57.3 Å². The van der Waals surface area contributed by atoms with Gasteiger partial charge >= 0.3 is 0 Å². The molecule has 2 saturated heterocycles. The van der Waals surface area contributed by atoms with Gasteiger partial charge in [0.1, 0.15) is 0 Å². The van der Waals surface area contributed by atoms with Gasteiger partial charge in [0, 0.05) is 31.2 Å². The molecule has 1 aromatic rings. The molecule has 0 aromatic heterocycles. The first-order valence-electron chi connectivity index (χ1n) is 8.10. The molecule has 2 heterocycles. The molecule has 0 radical (unpaired) electrons. The number of thiocarbonyl (C=S) groups is 1. The minimum absolute atomic E-state index is 0.543. The smallest absolute Gasteiger partial charge is 0.166 e. The van der Waals surface area contributed by atoms with Gasteiger partial charge < -0.3 is 10.6 Å². The second-order valence-electron chi connectivity index (χ2n) is 6.22. The van der Waals surface area contributed by atoms with Crippen molar-refractivity contribution in [3.8, 4) is 0 Å². The molecule has 21 heavy (non-hydrogen) atoms. The molecule has 2 aliphatic heterocycles. The molecule has 0 amide bonds. The molecule has 2 aliphatic rings. The fourth-order valence-corrected chi connectivity index (χ4v) is 4.15. The van der Waals surface area contributed by atoms with Crippen molar-refractivity contribution in [3.05, 3.63) is 35.9 Å². The van der Waals surface area contributed by atoms with E-state index in [0.717, 1.165) is 18.2 Å². The zero-order chi connectivity index (χ0) is 14.7. The Morgan fingerprint density at radius 2 is 1.86 bits per heavy atom. The predicted molar refractivity (Wildman–Crippen MR) is 91.2 cm³/mol. The first-order chi connectivity index (χ1) is 10.3. The van der Waals surface area contributed by atoms with Crippen LogP contribution in [0.4, 0.5) is 0 Å². The first-order valence-corrected chi connectivity index (χ1v) is 8.51. The Kier molecular flexibility index (Phi) is 4.76. The fourth-order valence-electron chi connectivity index (χ4n) is 3.84. The molecule has 4 heteroatoms. The highest BCUT2D eigenvalue weighted by Crippen LogP contribution is 2.36. The molecule has 0 aliphatic carbocycles. The van der Waals surface area contributed by atoms with Crippen LogP contribution in [0.25, 0.3) is 0 Å². The molecule has 2 fully saturated rings. The number of nitrogens with one attached hydrogen (secondary N) is 2. The third kappa shape index (κ3) is 3.55. The number of piperidine rings is 1. The van der Waals surface area contributed by atoms with Gasteiger partial charge in [-0.2, -0.15) is 0 Å². The normalized spacial score (nSPS) is 28.3. The molecule has 2 bridgehead atoms. The highest BCUT2D eigenvalue weighted by atomic mass is 32.1. The molecular formula is C17H25N3S. The minimum Gasteiger partial charge on any atom is -0.363 e. The number of rotatable bonds is 4. The van der Waals surface area contributed by atoms with Crippen LogP contribution in [0, 0.1) is 0 Å². The second-order valence-corrected chi connectivity index (χ2v) is 6.62. The van der Waals surface area contributed by atoms with Crippen LogP contribution in [0.1, 0.15) is 38.2 Å². The van der Waals surface area contributed by atoms with Crippen LogP contribution < -0.4 is 10.6 Å². The SMILES string of the molecule is CCNC(=S)NC1C[C@H]2CC[C@@H](C1)N2Cc1ccccc1. The van der Waals surface area contributed by atoms with E-state index in [0.29, 0.717) is 18.1 Å². The van der Waals surface area contributed by atoms with Crippen LogP contribution in [0.5, 0.6) is 0 Å². The molecule has 1 unspecified atom stereocenters. The van der Waals surface area contributed by atoms with Crippen LogP contribution in [0.2, 0.25) is 0 Å². The van der Waals surface area contributed by atoms with Gasteiger partial charge in [-0.1, -0.05) is 30.3 Å². The molecule has 0 spiro atoms. The van der Waals surface area contributed by atoms with E-state index in [4.69, 9.17) is 12.2 Å². The van der Waals surface area contributed by atoms with E-state index < -0.39 is 0 Å². The summed E-state index contributed by atoms with van der Waals surface area (Å²) in [6, 6.07) is 12.8. The Morgan fingerprint density at radius 3 is 2.48 bits per heavy atom. The fraction of sp³-hybridized carbons (Fsp3) is 0.588. The largest absolute Gasteiger partial charge is 0.363 e. The molecule has 3 rings (SSSR count). The molecule has 2 N–H and O–H groups in total. The summed E-state index contributed by atoms with van der Waals surface area (Å²) in [6.45, 7) is 4.08. The molecule has 1 aromatic carbocycles. The maximum Gasteiger partial charge on any atom is 0.166 e. The van der Waals surface area contributed by atoms with Crippen LogP contribution >= 0.6 is 12.2 Å². The molecule has 114 valence electrons. The number of fused-ring (bicyclic) bond motifs is 2. The Morgan fingerprint density at radius 1 is 1.19 bits per heavy atom. The first kappa shape index (κ1) is 14.8. The minimum atomic E-state index is 0.543. The summed E-state index contributed by atoms with van der Waals surface area (Å²) in [5.74, 6) is 0. The summed E-state index contributed by atoms with van der Waals surface area (Å²) in [6.07, 6.45) is 5.11. The summed E-state index contributed by atoms with van der Waals surface area (Å²) in [7, 11) is 0. The maximum atomic E-state index is 5.33. The number of hydrogen-bond acceptors (Lipinski definition) is 2. The average molecular weight is 303 g/mol. The maximum absolute atomic E-state index is 5.33. The summed E-state index contributed by atoms with van der Waals surface area (Å²) in [4.78, 5) is 2.71. The lowest BCUT2D eigenvalue weighted by molar-refractivity contribution is 0.115. The van der Waals surface area contributed by atoms with Gasteiger partial charge in [0.25, 0.3) is 0 Å². The number of hydrogen-bond donors (Lipinski definition) is 2. The number of nitrogens with zero attached hydrogens (tertiary/aromatic N) is 1. The van der Waals surface area contributed by atoms with Crippen LogP contribution in [0.3, 0.4) is 0 Å². The monoisotopic (exact) mass is 303 g/mol. The van der Waals surface area contributed by atoms with Crippen LogP contribution in [0.15, 0.2) is 30.3 Å². The van der Waals surface area contributed by atoms with Crippen molar-refractivity contribution >= 4 is 17.3 Å². The van der Waals surface area contributed by atoms with Gasteiger partial charge in [0.05, 0.1) is 0 Å². The summed E-state index contributed by atoms with van der Waals surface area (Å²) < 4.78 is 0. The highest BCUT2D eigenvalue weighted by Gasteiger charge is 2.40. The molecular weight excluding hydrogens is 278 g/mol. The Hall–Kier alpha value is -1.13. The summed E-state index contributed by atoms with van der Waals surface area (Å²) in [5, 5.41) is 7.52. The summed E-state index contributed by atoms with van der Waals surface area (Å²) in [5.41, 5.74) is 1.43. The third-order valence-electron chi connectivity index (χ3n) is 4.76. The highest BCUT2D eigenvalue weighted by molar-refractivity contribution is 7.80. The quantitative estimate of drug-likeness (QED) is 0.836. The van der Waals surface area contributed by atoms with Crippen molar-refractivity contribution in [2.24, 2.45) is 0 Å².